The van der Waals surface area contributed by atoms with Gasteiger partial charge in [0.25, 0.3) is 0 Å². The van der Waals surface area contributed by atoms with E-state index in [0.29, 0.717) is 6.04 Å². The lowest BCUT2D eigenvalue weighted by Gasteiger charge is -2.14. The quantitative estimate of drug-likeness (QED) is 0.830. The van der Waals surface area contributed by atoms with Crippen LogP contribution < -0.4 is 5.32 Å². The van der Waals surface area contributed by atoms with E-state index in [1.807, 2.05) is 13.1 Å². The topological polar surface area (TPSA) is 25.2 Å². The zero-order valence-electron chi connectivity index (χ0n) is 9.99. The van der Waals surface area contributed by atoms with Gasteiger partial charge in [-0.2, -0.15) is 0 Å². The minimum absolute atomic E-state index is 0.567. The Hall–Kier alpha value is -1.28. The van der Waals surface area contributed by atoms with Crippen molar-refractivity contribution in [3.8, 4) is 0 Å². The number of hydrogen-bond donors (Lipinski definition) is 1. The summed E-state index contributed by atoms with van der Waals surface area (Å²) < 4.78 is 5.41. The van der Waals surface area contributed by atoms with E-state index in [0.717, 1.165) is 12.0 Å². The highest BCUT2D eigenvalue weighted by molar-refractivity contribution is 5.77. The van der Waals surface area contributed by atoms with Gasteiger partial charge in [0.15, 0.2) is 0 Å². The Morgan fingerprint density at radius 3 is 2.94 bits per heavy atom. The minimum atomic E-state index is 0.567. The molecule has 0 unspecified atom stereocenters. The van der Waals surface area contributed by atoms with Gasteiger partial charge in [0.1, 0.15) is 5.58 Å². The summed E-state index contributed by atoms with van der Waals surface area (Å²) in [5.41, 5.74) is 2.33. The van der Waals surface area contributed by atoms with E-state index in [-0.39, 0.29) is 0 Å². The number of furan rings is 1. The second-order valence-corrected chi connectivity index (χ2v) is 4.27. The van der Waals surface area contributed by atoms with Gasteiger partial charge in [-0.15, -0.1) is 0 Å². The van der Waals surface area contributed by atoms with E-state index in [1.54, 1.807) is 6.26 Å². The van der Waals surface area contributed by atoms with Crippen LogP contribution in [-0.4, -0.2) is 13.1 Å². The maximum Gasteiger partial charge on any atom is 0.134 e. The van der Waals surface area contributed by atoms with E-state index in [9.17, 15) is 0 Å². The Morgan fingerprint density at radius 2 is 2.19 bits per heavy atom. The van der Waals surface area contributed by atoms with Crippen molar-refractivity contribution in [2.45, 2.75) is 32.2 Å². The molecule has 1 N–H and O–H groups in total. The van der Waals surface area contributed by atoms with Crippen LogP contribution in [0.5, 0.6) is 0 Å². The zero-order valence-corrected chi connectivity index (χ0v) is 9.99. The van der Waals surface area contributed by atoms with Gasteiger partial charge in [-0.3, -0.25) is 0 Å². The molecule has 16 heavy (non-hydrogen) atoms. The zero-order chi connectivity index (χ0) is 11.4. The monoisotopic (exact) mass is 217 g/mol. The van der Waals surface area contributed by atoms with Crippen molar-refractivity contribution in [3.05, 3.63) is 36.1 Å². The summed E-state index contributed by atoms with van der Waals surface area (Å²) in [6, 6.07) is 9.04. The number of benzene rings is 1. The Bertz CT molecular complexity index is 447. The van der Waals surface area contributed by atoms with E-state index < -0.39 is 0 Å². The van der Waals surface area contributed by atoms with Crippen LogP contribution >= 0.6 is 0 Å². The molecule has 0 aliphatic carbocycles. The minimum Gasteiger partial charge on any atom is -0.464 e. The van der Waals surface area contributed by atoms with Crippen LogP contribution in [-0.2, 0) is 6.42 Å². The molecule has 2 heteroatoms. The molecule has 1 heterocycles. The fraction of sp³-hybridized carbons (Fsp3) is 0.429. The molecule has 0 bridgehead atoms. The molecule has 1 atom stereocenters. The molecule has 0 saturated carbocycles. The smallest absolute Gasteiger partial charge is 0.134 e. The van der Waals surface area contributed by atoms with Gasteiger partial charge < -0.3 is 9.73 Å². The van der Waals surface area contributed by atoms with Crippen LogP contribution in [0, 0.1) is 0 Å². The van der Waals surface area contributed by atoms with Gasteiger partial charge in [-0.25, -0.2) is 0 Å². The van der Waals surface area contributed by atoms with Crippen molar-refractivity contribution in [1.29, 1.82) is 0 Å². The first kappa shape index (κ1) is 11.2. The van der Waals surface area contributed by atoms with Crippen molar-refractivity contribution in [2.75, 3.05) is 7.05 Å². The molecular weight excluding hydrogens is 198 g/mol. The maximum absolute atomic E-state index is 5.41. The Balaban J connectivity index is 2.13. The third-order valence-electron chi connectivity index (χ3n) is 3.05. The van der Waals surface area contributed by atoms with Crippen molar-refractivity contribution >= 4 is 11.0 Å². The lowest BCUT2D eigenvalue weighted by Crippen LogP contribution is -2.27. The van der Waals surface area contributed by atoms with Crippen LogP contribution in [0.4, 0.5) is 0 Å². The van der Waals surface area contributed by atoms with Crippen LogP contribution in [0.3, 0.4) is 0 Å². The second-order valence-electron chi connectivity index (χ2n) is 4.27. The average molecular weight is 217 g/mol. The highest BCUT2D eigenvalue weighted by Gasteiger charge is 2.07. The van der Waals surface area contributed by atoms with Gasteiger partial charge in [-0.05, 0) is 37.6 Å². The van der Waals surface area contributed by atoms with E-state index in [1.165, 1.54) is 23.8 Å². The molecule has 0 aliphatic rings. The Labute approximate surface area is 96.6 Å². The largest absolute Gasteiger partial charge is 0.464 e. The molecule has 2 nitrogen and oxygen atoms in total. The third-order valence-corrected chi connectivity index (χ3v) is 3.05. The van der Waals surface area contributed by atoms with Crippen molar-refractivity contribution in [1.82, 2.24) is 5.32 Å². The summed E-state index contributed by atoms with van der Waals surface area (Å²) in [4.78, 5) is 0. The normalized spacial score (nSPS) is 13.1. The first-order valence-corrected chi connectivity index (χ1v) is 5.97. The summed E-state index contributed by atoms with van der Waals surface area (Å²) in [6.07, 6.45) is 5.25. The van der Waals surface area contributed by atoms with Crippen LogP contribution in [0.1, 0.15) is 25.3 Å². The molecule has 1 aromatic heterocycles. The summed E-state index contributed by atoms with van der Waals surface area (Å²) in [7, 11) is 2.03. The highest BCUT2D eigenvalue weighted by Crippen LogP contribution is 2.18. The molecule has 2 aromatic rings. The van der Waals surface area contributed by atoms with Crippen molar-refractivity contribution in [2.24, 2.45) is 0 Å². The summed E-state index contributed by atoms with van der Waals surface area (Å²) in [6.45, 7) is 2.22. The van der Waals surface area contributed by atoms with Crippen molar-refractivity contribution < 1.29 is 4.42 Å². The van der Waals surface area contributed by atoms with Crippen LogP contribution in [0.25, 0.3) is 11.0 Å². The highest BCUT2D eigenvalue weighted by atomic mass is 16.3. The van der Waals surface area contributed by atoms with E-state index in [4.69, 9.17) is 4.42 Å². The summed E-state index contributed by atoms with van der Waals surface area (Å²) >= 11 is 0. The van der Waals surface area contributed by atoms with Crippen molar-refractivity contribution in [3.63, 3.8) is 0 Å². The third kappa shape index (κ3) is 2.45. The van der Waals surface area contributed by atoms with Gasteiger partial charge in [-0.1, -0.05) is 25.5 Å². The fourth-order valence-corrected chi connectivity index (χ4v) is 2.11. The standard InChI is InChI=1S/C14H19NO/c1-3-4-13(15-2)9-11-5-6-12-7-8-16-14(12)10-11/h5-8,10,13,15H,3-4,9H2,1-2H3/t13-/m1/s1. The van der Waals surface area contributed by atoms with Gasteiger partial charge in [0, 0.05) is 11.4 Å². The summed E-state index contributed by atoms with van der Waals surface area (Å²) in [5.74, 6) is 0. The van der Waals surface area contributed by atoms with E-state index >= 15 is 0 Å². The number of fused-ring (bicyclic) bond motifs is 1. The number of nitrogens with one attached hydrogen (secondary N) is 1. The molecule has 0 fully saturated rings. The number of rotatable bonds is 5. The average Bonchev–Trinajstić information content (AvgIpc) is 2.75. The van der Waals surface area contributed by atoms with Crippen LogP contribution in [0.2, 0.25) is 0 Å². The van der Waals surface area contributed by atoms with Gasteiger partial charge in [0.2, 0.25) is 0 Å². The number of likely N-dealkylation sites (N-methyl/N-ethyl adjacent to an activating group) is 1. The molecule has 1 aromatic carbocycles. The Morgan fingerprint density at radius 1 is 1.31 bits per heavy atom. The molecule has 0 saturated heterocycles. The van der Waals surface area contributed by atoms with Crippen LogP contribution in [0.15, 0.2) is 34.9 Å². The molecule has 0 spiro atoms. The second kappa shape index (κ2) is 5.17. The molecule has 0 amide bonds. The predicted octanol–water partition coefficient (Wildman–Crippen LogP) is 3.36. The van der Waals surface area contributed by atoms with E-state index in [2.05, 4.69) is 30.4 Å². The predicted molar refractivity (Wildman–Crippen MR) is 67.7 cm³/mol. The summed E-state index contributed by atoms with van der Waals surface area (Å²) in [5, 5.41) is 4.54. The first-order valence-electron chi connectivity index (χ1n) is 5.97. The molecular formula is C14H19NO. The fourth-order valence-electron chi connectivity index (χ4n) is 2.11. The molecule has 86 valence electrons. The lowest BCUT2D eigenvalue weighted by molar-refractivity contribution is 0.513. The molecule has 2 rings (SSSR count). The number of hydrogen-bond acceptors (Lipinski definition) is 2. The molecule has 0 aliphatic heterocycles. The Kier molecular flexibility index (Phi) is 3.62. The van der Waals surface area contributed by atoms with Gasteiger partial charge in [0.05, 0.1) is 6.26 Å². The SMILES string of the molecule is CCC[C@H](Cc1ccc2ccoc2c1)NC. The lowest BCUT2D eigenvalue weighted by atomic mass is 10.0. The maximum atomic E-state index is 5.41. The first-order chi connectivity index (χ1) is 7.83. The molecule has 0 radical (unpaired) electrons. The van der Waals surface area contributed by atoms with Gasteiger partial charge >= 0.3 is 0 Å².